The van der Waals surface area contributed by atoms with Crippen molar-refractivity contribution in [1.82, 2.24) is 30.2 Å². The van der Waals surface area contributed by atoms with Crippen LogP contribution in [-0.2, 0) is 0 Å². The Hall–Kier alpha value is -4.32. The van der Waals surface area contributed by atoms with Gasteiger partial charge in [-0.1, -0.05) is 12.1 Å². The van der Waals surface area contributed by atoms with Gasteiger partial charge in [-0.15, -0.1) is 0 Å². The number of aromatic nitrogens is 4. The smallest absolute Gasteiger partial charge is 0.271 e. The number of nitrogens with two attached hydrogens (primary N) is 1. The van der Waals surface area contributed by atoms with Crippen molar-refractivity contribution >= 4 is 35.1 Å². The molecule has 3 fully saturated rings. The third-order valence-electron chi connectivity index (χ3n) is 8.50. The normalized spacial score (nSPS) is 21.2. The minimum atomic E-state index is -0.684. The number of carbonyl (C=O) groups is 2. The summed E-state index contributed by atoms with van der Waals surface area (Å²) in [5.41, 5.74) is 8.22. The van der Waals surface area contributed by atoms with E-state index in [2.05, 4.69) is 66.4 Å². The lowest BCUT2D eigenvalue weighted by molar-refractivity contribution is 0.0923. The summed E-state index contributed by atoms with van der Waals surface area (Å²) < 4.78 is 0. The number of piperazine rings is 1. The summed E-state index contributed by atoms with van der Waals surface area (Å²) >= 11 is 0. The molecule has 0 radical (unpaired) electrons. The van der Waals surface area contributed by atoms with E-state index in [0.717, 1.165) is 45.6 Å². The highest BCUT2D eigenvalue weighted by Gasteiger charge is 2.31. The predicted octanol–water partition coefficient (Wildman–Crippen LogP) is 2.53. The number of nitrogens with one attached hydrogen (secondary N) is 2. The summed E-state index contributed by atoms with van der Waals surface area (Å²) in [7, 11) is 2.10. The number of primary amides is 1. The molecular weight excluding hydrogens is 532 g/mol. The van der Waals surface area contributed by atoms with Gasteiger partial charge in [-0.3, -0.25) is 9.59 Å². The number of benzene rings is 1. The number of carbonyl (C=O) groups excluding carboxylic acids is 2. The first-order valence-electron chi connectivity index (χ1n) is 14.7. The zero-order chi connectivity index (χ0) is 29.2. The number of amides is 2. The summed E-state index contributed by atoms with van der Waals surface area (Å²) in [4.78, 5) is 50.0. The van der Waals surface area contributed by atoms with Crippen LogP contribution in [0, 0.1) is 0 Å². The molecule has 1 aliphatic carbocycles. The van der Waals surface area contributed by atoms with E-state index in [1.807, 2.05) is 12.1 Å². The summed E-state index contributed by atoms with van der Waals surface area (Å²) in [5, 5.41) is 6.37. The molecule has 6 rings (SSSR count). The first-order chi connectivity index (χ1) is 20.4. The van der Waals surface area contributed by atoms with Crippen molar-refractivity contribution in [3.63, 3.8) is 0 Å². The average molecular weight is 571 g/mol. The minimum Gasteiger partial charge on any atom is -0.364 e. The number of piperidine rings is 1. The molecule has 12 heteroatoms. The van der Waals surface area contributed by atoms with E-state index in [1.54, 1.807) is 18.6 Å². The van der Waals surface area contributed by atoms with Crippen molar-refractivity contribution in [1.29, 1.82) is 0 Å². The van der Waals surface area contributed by atoms with Gasteiger partial charge in [0, 0.05) is 50.4 Å². The molecule has 2 aromatic heterocycles. The number of hydrogen-bond donors (Lipinski definition) is 3. The first kappa shape index (κ1) is 27.8. The second-order valence-corrected chi connectivity index (χ2v) is 11.5. The van der Waals surface area contributed by atoms with Crippen LogP contribution in [0.5, 0.6) is 0 Å². The van der Waals surface area contributed by atoms with Crippen LogP contribution in [0.3, 0.4) is 0 Å². The van der Waals surface area contributed by atoms with Gasteiger partial charge in [-0.05, 0) is 63.3 Å². The zero-order valence-electron chi connectivity index (χ0n) is 24.2. The molecule has 4 N–H and O–H groups in total. The maximum atomic E-state index is 13.1. The third-order valence-corrected chi connectivity index (χ3v) is 8.50. The van der Waals surface area contributed by atoms with Crippen molar-refractivity contribution in [3.05, 3.63) is 59.7 Å². The second kappa shape index (κ2) is 11.9. The number of nitrogens with zero attached hydrogens (tertiary/aromatic N) is 7. The largest absolute Gasteiger partial charge is 0.364 e. The molecule has 0 spiro atoms. The fraction of sp³-hybridized carbons (Fsp3) is 0.467. The number of rotatable bonds is 8. The molecule has 2 aliphatic heterocycles. The Balaban J connectivity index is 1.15. The quantitative estimate of drug-likeness (QED) is 0.369. The van der Waals surface area contributed by atoms with Crippen molar-refractivity contribution in [2.75, 3.05) is 54.9 Å². The minimum absolute atomic E-state index is 0.0334. The Kier molecular flexibility index (Phi) is 7.88. The van der Waals surface area contributed by atoms with Crippen LogP contribution >= 0.6 is 0 Å². The Labute approximate surface area is 245 Å². The highest BCUT2D eigenvalue weighted by Crippen LogP contribution is 2.40. The maximum absolute atomic E-state index is 13.1. The second-order valence-electron chi connectivity index (χ2n) is 11.5. The fourth-order valence-electron chi connectivity index (χ4n) is 5.71. The molecule has 4 heterocycles. The highest BCUT2D eigenvalue weighted by molar-refractivity contribution is 5.96. The number of likely N-dealkylation sites (N-methyl/N-ethyl adjacent to an activating group) is 1. The lowest BCUT2D eigenvalue weighted by atomic mass is 9.97. The van der Waals surface area contributed by atoms with Crippen molar-refractivity contribution in [3.8, 4) is 0 Å². The van der Waals surface area contributed by atoms with Crippen LogP contribution in [0.2, 0.25) is 0 Å². The van der Waals surface area contributed by atoms with Gasteiger partial charge in [0.2, 0.25) is 5.95 Å². The van der Waals surface area contributed by atoms with Gasteiger partial charge in [-0.2, -0.15) is 0 Å². The van der Waals surface area contributed by atoms with Crippen LogP contribution < -0.4 is 26.2 Å². The number of hydrogen-bond acceptors (Lipinski definition) is 10. The molecule has 220 valence electrons. The van der Waals surface area contributed by atoms with Crippen LogP contribution in [0.4, 0.5) is 23.3 Å². The van der Waals surface area contributed by atoms with E-state index in [9.17, 15) is 9.59 Å². The molecule has 1 aromatic carbocycles. The Morgan fingerprint density at radius 1 is 0.929 bits per heavy atom. The molecule has 3 aliphatic rings. The monoisotopic (exact) mass is 570 g/mol. The van der Waals surface area contributed by atoms with E-state index in [4.69, 9.17) is 10.7 Å². The molecule has 0 bridgehead atoms. The van der Waals surface area contributed by atoms with Crippen LogP contribution in [-0.4, -0.2) is 88.5 Å². The van der Waals surface area contributed by atoms with Gasteiger partial charge >= 0.3 is 0 Å². The van der Waals surface area contributed by atoms with Crippen molar-refractivity contribution < 1.29 is 9.59 Å². The first-order valence-corrected chi connectivity index (χ1v) is 14.7. The van der Waals surface area contributed by atoms with Gasteiger partial charge in [0.25, 0.3) is 11.8 Å². The SMILES string of the molecule is C[C@@H]1[C@H](NC(=O)c2ccc(C3CC3)cc2)CCCN1c1cnc(C(N)=O)c(Nc2cnc(N3CCN(C)CC3)nc2)n1. The lowest BCUT2D eigenvalue weighted by Crippen LogP contribution is -2.54. The zero-order valence-corrected chi connectivity index (χ0v) is 24.2. The summed E-state index contributed by atoms with van der Waals surface area (Å²) in [6.45, 7) is 6.47. The van der Waals surface area contributed by atoms with Crippen LogP contribution in [0.15, 0.2) is 42.9 Å². The van der Waals surface area contributed by atoms with Crippen LogP contribution in [0.25, 0.3) is 0 Å². The van der Waals surface area contributed by atoms with E-state index in [-0.39, 0.29) is 29.5 Å². The third kappa shape index (κ3) is 6.13. The molecular formula is C30H38N10O2. The highest BCUT2D eigenvalue weighted by atomic mass is 16.2. The standard InChI is InChI=1S/C30H38N10O2/c1-19-24(36-29(42)22-9-7-21(8-10-22)20-5-6-20)4-3-11-40(19)25-18-32-26(27(31)41)28(37-25)35-23-16-33-30(34-17-23)39-14-12-38(2)13-15-39/h7-10,16-20,24H,3-6,11-15H2,1-2H3,(H2,31,41)(H,35,37)(H,36,42)/t19-,24-/m1/s1. The molecule has 12 nitrogen and oxygen atoms in total. The van der Waals surface area contributed by atoms with Gasteiger partial charge in [0.15, 0.2) is 11.5 Å². The van der Waals surface area contributed by atoms with E-state index >= 15 is 0 Å². The summed E-state index contributed by atoms with van der Waals surface area (Å²) in [5.74, 6) is 1.40. The van der Waals surface area contributed by atoms with E-state index in [1.165, 1.54) is 18.4 Å². The molecule has 0 unspecified atom stereocenters. The number of anilines is 4. The Bertz CT molecular complexity index is 1420. The Morgan fingerprint density at radius 2 is 1.64 bits per heavy atom. The topological polar surface area (TPSA) is 146 Å². The van der Waals surface area contributed by atoms with Crippen molar-refractivity contribution in [2.45, 2.75) is 50.6 Å². The molecule has 2 amide bonds. The Morgan fingerprint density at radius 3 is 2.31 bits per heavy atom. The molecule has 3 aromatic rings. The predicted molar refractivity (Wildman–Crippen MR) is 161 cm³/mol. The van der Waals surface area contributed by atoms with E-state index in [0.29, 0.717) is 28.9 Å². The lowest BCUT2D eigenvalue weighted by Gasteiger charge is -2.40. The van der Waals surface area contributed by atoms with Gasteiger partial charge in [-0.25, -0.2) is 19.9 Å². The maximum Gasteiger partial charge on any atom is 0.271 e. The molecule has 2 saturated heterocycles. The molecule has 42 heavy (non-hydrogen) atoms. The average Bonchev–Trinajstić information content (AvgIpc) is 3.85. The van der Waals surface area contributed by atoms with Crippen LogP contribution in [0.1, 0.15) is 64.9 Å². The molecule has 1 saturated carbocycles. The fourth-order valence-corrected chi connectivity index (χ4v) is 5.71. The summed E-state index contributed by atoms with van der Waals surface area (Å²) in [6.07, 6.45) is 9.11. The molecule has 2 atom stereocenters. The van der Waals surface area contributed by atoms with Crippen molar-refractivity contribution in [2.24, 2.45) is 5.73 Å². The summed E-state index contributed by atoms with van der Waals surface area (Å²) in [6, 6.07) is 7.86. The van der Waals surface area contributed by atoms with E-state index < -0.39 is 5.91 Å². The van der Waals surface area contributed by atoms with Gasteiger partial charge in [0.05, 0.1) is 24.3 Å². The van der Waals surface area contributed by atoms with Gasteiger partial charge < -0.3 is 31.1 Å². The van der Waals surface area contributed by atoms with Gasteiger partial charge in [0.1, 0.15) is 5.82 Å².